The molecule has 0 spiro atoms. The molecule has 2 aromatic heterocycles. The minimum absolute atomic E-state index is 0.606. The minimum Gasteiger partial charge on any atom is -0.493 e. The molecule has 1 saturated carbocycles. The standard InChI is InChI=1S/C22H29N3O2/c1-4-25(5-2)11-6-12-27-20-14-18-16(13-19(20)26-3)21-17(24-18)9-10-23-22(21)15-7-8-15/h9-10,13-15,24H,4-8,11-12H2,1-3H3. The lowest BCUT2D eigenvalue weighted by molar-refractivity contribution is 0.243. The van der Waals surface area contributed by atoms with Crippen LogP contribution in [0, 0.1) is 0 Å². The van der Waals surface area contributed by atoms with Crippen LogP contribution in [0.4, 0.5) is 0 Å². The van der Waals surface area contributed by atoms with E-state index in [1.165, 1.54) is 29.3 Å². The van der Waals surface area contributed by atoms with Gasteiger partial charge in [0, 0.05) is 41.0 Å². The summed E-state index contributed by atoms with van der Waals surface area (Å²) in [5.41, 5.74) is 3.44. The SMILES string of the molecule is CCN(CC)CCCOc1cc2[nH]c3ccnc(C4CC4)c3c2cc1OC. The Bertz CT molecular complexity index is 926. The van der Waals surface area contributed by atoms with E-state index >= 15 is 0 Å². The van der Waals surface area contributed by atoms with Crippen LogP contribution in [0.3, 0.4) is 0 Å². The van der Waals surface area contributed by atoms with Gasteiger partial charge in [0.05, 0.1) is 24.9 Å². The van der Waals surface area contributed by atoms with Crippen LogP contribution in [0.1, 0.15) is 44.7 Å². The molecule has 1 N–H and O–H groups in total. The van der Waals surface area contributed by atoms with Gasteiger partial charge in [0.2, 0.25) is 0 Å². The van der Waals surface area contributed by atoms with Crippen molar-refractivity contribution in [2.45, 2.75) is 39.0 Å². The van der Waals surface area contributed by atoms with Crippen LogP contribution in [0.2, 0.25) is 0 Å². The number of fused-ring (bicyclic) bond motifs is 3. The van der Waals surface area contributed by atoms with Gasteiger partial charge in [-0.2, -0.15) is 0 Å². The van der Waals surface area contributed by atoms with Crippen molar-refractivity contribution in [3.05, 3.63) is 30.1 Å². The average Bonchev–Trinajstić information content (AvgIpc) is 3.48. The molecule has 3 aromatic rings. The van der Waals surface area contributed by atoms with Crippen molar-refractivity contribution in [3.8, 4) is 11.5 Å². The van der Waals surface area contributed by atoms with Gasteiger partial charge < -0.3 is 19.4 Å². The molecule has 27 heavy (non-hydrogen) atoms. The predicted octanol–water partition coefficient (Wildman–Crippen LogP) is 4.71. The van der Waals surface area contributed by atoms with Crippen LogP contribution in [0.15, 0.2) is 24.4 Å². The Balaban J connectivity index is 1.60. The number of hydrogen-bond acceptors (Lipinski definition) is 4. The van der Waals surface area contributed by atoms with Gasteiger partial charge in [-0.3, -0.25) is 4.98 Å². The molecule has 0 saturated heterocycles. The number of aromatic nitrogens is 2. The first-order valence-electron chi connectivity index (χ1n) is 10.1. The molecule has 5 heteroatoms. The van der Waals surface area contributed by atoms with Gasteiger partial charge in [0.1, 0.15) is 0 Å². The van der Waals surface area contributed by atoms with E-state index in [0.717, 1.165) is 48.6 Å². The third-order valence-electron chi connectivity index (χ3n) is 5.56. The zero-order valence-electron chi connectivity index (χ0n) is 16.5. The fourth-order valence-corrected chi connectivity index (χ4v) is 3.83. The molecule has 144 valence electrons. The number of ether oxygens (including phenoxy) is 2. The largest absolute Gasteiger partial charge is 0.493 e. The molecule has 1 aromatic carbocycles. The Labute approximate surface area is 160 Å². The summed E-state index contributed by atoms with van der Waals surface area (Å²) in [5.74, 6) is 2.20. The van der Waals surface area contributed by atoms with Gasteiger partial charge in [-0.1, -0.05) is 13.8 Å². The monoisotopic (exact) mass is 367 g/mol. The number of methoxy groups -OCH3 is 1. The van der Waals surface area contributed by atoms with Crippen LogP contribution >= 0.6 is 0 Å². The highest BCUT2D eigenvalue weighted by Gasteiger charge is 2.28. The molecule has 4 rings (SSSR count). The van der Waals surface area contributed by atoms with Crippen molar-refractivity contribution in [1.29, 1.82) is 0 Å². The first-order chi connectivity index (χ1) is 13.2. The highest BCUT2D eigenvalue weighted by atomic mass is 16.5. The third-order valence-corrected chi connectivity index (χ3v) is 5.56. The molecule has 0 aliphatic heterocycles. The van der Waals surface area contributed by atoms with Gasteiger partial charge in [-0.05, 0) is 44.5 Å². The first-order valence-corrected chi connectivity index (χ1v) is 10.1. The molecular formula is C22H29N3O2. The van der Waals surface area contributed by atoms with E-state index in [-0.39, 0.29) is 0 Å². The smallest absolute Gasteiger partial charge is 0.163 e. The number of H-pyrrole nitrogens is 1. The van der Waals surface area contributed by atoms with E-state index in [1.54, 1.807) is 7.11 Å². The molecule has 0 bridgehead atoms. The van der Waals surface area contributed by atoms with E-state index in [1.807, 2.05) is 6.20 Å². The fraction of sp³-hybridized carbons (Fsp3) is 0.500. The van der Waals surface area contributed by atoms with Crippen LogP contribution in [-0.4, -0.2) is 48.2 Å². The van der Waals surface area contributed by atoms with Crippen molar-refractivity contribution >= 4 is 21.8 Å². The maximum Gasteiger partial charge on any atom is 0.163 e. The first kappa shape index (κ1) is 18.1. The molecular weight excluding hydrogens is 338 g/mol. The molecule has 2 heterocycles. The second-order valence-electron chi connectivity index (χ2n) is 7.30. The Hall–Kier alpha value is -2.27. The van der Waals surface area contributed by atoms with E-state index in [2.05, 4.69) is 46.9 Å². The van der Waals surface area contributed by atoms with Gasteiger partial charge in [-0.25, -0.2) is 0 Å². The number of nitrogens with zero attached hydrogens (tertiary/aromatic N) is 2. The number of hydrogen-bond donors (Lipinski definition) is 1. The quantitative estimate of drug-likeness (QED) is 0.556. The highest BCUT2D eigenvalue weighted by molar-refractivity contribution is 6.09. The molecule has 1 fully saturated rings. The molecule has 0 radical (unpaired) electrons. The third kappa shape index (κ3) is 3.61. The summed E-state index contributed by atoms with van der Waals surface area (Å²) in [6, 6.07) is 6.22. The number of benzene rings is 1. The van der Waals surface area contributed by atoms with Crippen molar-refractivity contribution in [3.63, 3.8) is 0 Å². The van der Waals surface area contributed by atoms with Gasteiger partial charge in [-0.15, -0.1) is 0 Å². The Morgan fingerprint density at radius 3 is 2.67 bits per heavy atom. The Morgan fingerprint density at radius 2 is 1.96 bits per heavy atom. The normalized spacial score (nSPS) is 14.4. The lowest BCUT2D eigenvalue weighted by Crippen LogP contribution is -2.25. The highest BCUT2D eigenvalue weighted by Crippen LogP contribution is 2.45. The molecule has 1 aliphatic carbocycles. The zero-order valence-corrected chi connectivity index (χ0v) is 16.5. The topological polar surface area (TPSA) is 50.4 Å². The number of pyridine rings is 1. The summed E-state index contributed by atoms with van der Waals surface area (Å²) in [6.07, 6.45) is 5.39. The van der Waals surface area contributed by atoms with Gasteiger partial charge >= 0.3 is 0 Å². The lowest BCUT2D eigenvalue weighted by Gasteiger charge is -2.18. The van der Waals surface area contributed by atoms with Crippen LogP contribution in [0.5, 0.6) is 11.5 Å². The summed E-state index contributed by atoms with van der Waals surface area (Å²) >= 11 is 0. The number of rotatable bonds is 9. The van der Waals surface area contributed by atoms with Crippen LogP contribution < -0.4 is 9.47 Å². The molecule has 0 atom stereocenters. The summed E-state index contributed by atoms with van der Waals surface area (Å²) in [4.78, 5) is 10.6. The summed E-state index contributed by atoms with van der Waals surface area (Å²) in [5, 5.41) is 2.41. The number of nitrogens with one attached hydrogen (secondary N) is 1. The molecule has 0 unspecified atom stereocenters. The predicted molar refractivity (Wildman–Crippen MR) is 110 cm³/mol. The fourth-order valence-electron chi connectivity index (χ4n) is 3.83. The average molecular weight is 367 g/mol. The summed E-state index contributed by atoms with van der Waals surface area (Å²) < 4.78 is 11.7. The van der Waals surface area contributed by atoms with Crippen molar-refractivity contribution in [2.24, 2.45) is 0 Å². The van der Waals surface area contributed by atoms with Crippen LogP contribution in [-0.2, 0) is 0 Å². The Kier molecular flexibility index (Phi) is 5.21. The van der Waals surface area contributed by atoms with Crippen molar-refractivity contribution < 1.29 is 9.47 Å². The van der Waals surface area contributed by atoms with E-state index < -0.39 is 0 Å². The van der Waals surface area contributed by atoms with Crippen molar-refractivity contribution in [1.82, 2.24) is 14.9 Å². The molecule has 5 nitrogen and oxygen atoms in total. The van der Waals surface area contributed by atoms with E-state index in [4.69, 9.17) is 9.47 Å². The zero-order chi connectivity index (χ0) is 18.8. The summed E-state index contributed by atoms with van der Waals surface area (Å²) in [7, 11) is 1.71. The lowest BCUT2D eigenvalue weighted by atomic mass is 10.1. The van der Waals surface area contributed by atoms with E-state index in [0.29, 0.717) is 12.5 Å². The summed E-state index contributed by atoms with van der Waals surface area (Å²) in [6.45, 7) is 8.30. The molecule has 0 amide bonds. The Morgan fingerprint density at radius 1 is 1.15 bits per heavy atom. The van der Waals surface area contributed by atoms with E-state index in [9.17, 15) is 0 Å². The van der Waals surface area contributed by atoms with Crippen molar-refractivity contribution in [2.75, 3.05) is 33.4 Å². The van der Waals surface area contributed by atoms with Gasteiger partial charge in [0.15, 0.2) is 11.5 Å². The minimum atomic E-state index is 0.606. The maximum atomic E-state index is 6.07. The van der Waals surface area contributed by atoms with Crippen LogP contribution in [0.25, 0.3) is 21.8 Å². The molecule has 1 aliphatic rings. The second-order valence-corrected chi connectivity index (χ2v) is 7.30. The van der Waals surface area contributed by atoms with Gasteiger partial charge in [0.25, 0.3) is 0 Å². The maximum absolute atomic E-state index is 6.07. The second kappa shape index (κ2) is 7.77. The number of aromatic amines is 1.